The number of carbonyl (C=O) groups is 1. The zero-order chi connectivity index (χ0) is 13.8. The molecule has 1 aromatic rings. The van der Waals surface area contributed by atoms with Crippen molar-refractivity contribution in [1.29, 1.82) is 0 Å². The first kappa shape index (κ1) is 14.0. The lowest BCUT2D eigenvalue weighted by molar-refractivity contribution is -0.173. The maximum Gasteiger partial charge on any atom is 0.471 e. The number of amides is 1. The summed E-state index contributed by atoms with van der Waals surface area (Å²) in [6, 6.07) is 0. The molecule has 9 heteroatoms. The Morgan fingerprint density at radius 3 is 2.56 bits per heavy atom. The predicted octanol–water partition coefficient (Wildman–Crippen LogP) is -0.326. The van der Waals surface area contributed by atoms with E-state index in [1.165, 1.54) is 6.20 Å². The minimum Gasteiger partial charge on any atom is -0.348 e. The van der Waals surface area contributed by atoms with Gasteiger partial charge in [-0.25, -0.2) is 4.79 Å². The van der Waals surface area contributed by atoms with Crippen molar-refractivity contribution in [2.75, 3.05) is 6.54 Å². The molecule has 0 aliphatic carbocycles. The second-order valence-electron chi connectivity index (χ2n) is 3.45. The summed E-state index contributed by atoms with van der Waals surface area (Å²) in [5.41, 5.74) is -1.02. The minimum atomic E-state index is -4.91. The zero-order valence-corrected chi connectivity index (χ0v) is 9.06. The summed E-state index contributed by atoms with van der Waals surface area (Å²) in [4.78, 5) is 36.5. The van der Waals surface area contributed by atoms with Crippen LogP contribution in [-0.4, -0.2) is 28.6 Å². The van der Waals surface area contributed by atoms with Crippen LogP contribution in [0.15, 0.2) is 15.8 Å². The number of rotatable bonds is 4. The number of hydrogen-bond donors (Lipinski definition) is 3. The van der Waals surface area contributed by atoms with Crippen molar-refractivity contribution in [3.8, 4) is 0 Å². The minimum absolute atomic E-state index is 0.143. The van der Waals surface area contributed by atoms with Crippen molar-refractivity contribution in [3.05, 3.63) is 32.6 Å². The van der Waals surface area contributed by atoms with E-state index < -0.39 is 23.3 Å². The third-order valence-corrected chi connectivity index (χ3v) is 2.06. The van der Waals surface area contributed by atoms with E-state index in [0.29, 0.717) is 0 Å². The van der Waals surface area contributed by atoms with Gasteiger partial charge in [0.25, 0.3) is 5.56 Å². The number of H-pyrrole nitrogens is 2. The Bertz CT molecular complexity index is 532. The van der Waals surface area contributed by atoms with Crippen LogP contribution in [0.3, 0.4) is 0 Å². The second-order valence-corrected chi connectivity index (χ2v) is 3.45. The number of halogens is 3. The Hall–Kier alpha value is -2.06. The first-order valence-electron chi connectivity index (χ1n) is 4.96. The lowest BCUT2D eigenvalue weighted by Crippen LogP contribution is -2.37. The van der Waals surface area contributed by atoms with Gasteiger partial charge in [-0.15, -0.1) is 0 Å². The number of aromatic nitrogens is 2. The first-order chi connectivity index (χ1) is 8.30. The Balaban J connectivity index is 2.41. The predicted molar refractivity (Wildman–Crippen MR) is 55.1 cm³/mol. The zero-order valence-electron chi connectivity index (χ0n) is 9.06. The highest BCUT2D eigenvalue weighted by Crippen LogP contribution is 2.13. The van der Waals surface area contributed by atoms with Crippen molar-refractivity contribution >= 4 is 5.91 Å². The van der Waals surface area contributed by atoms with Crippen LogP contribution in [-0.2, 0) is 11.2 Å². The molecule has 0 spiro atoms. The van der Waals surface area contributed by atoms with Gasteiger partial charge in [-0.1, -0.05) is 0 Å². The first-order valence-corrected chi connectivity index (χ1v) is 4.96. The summed E-state index contributed by atoms with van der Waals surface area (Å²) in [6.07, 6.45) is -3.43. The van der Waals surface area contributed by atoms with Crippen LogP contribution in [0.2, 0.25) is 0 Å². The molecule has 0 saturated heterocycles. The summed E-state index contributed by atoms with van der Waals surface area (Å²) in [5, 5.41) is 1.68. The van der Waals surface area contributed by atoms with Crippen LogP contribution in [0.4, 0.5) is 13.2 Å². The lowest BCUT2D eigenvalue weighted by atomic mass is 10.2. The van der Waals surface area contributed by atoms with Gasteiger partial charge in [0.1, 0.15) is 0 Å². The van der Waals surface area contributed by atoms with E-state index in [1.54, 1.807) is 5.32 Å². The van der Waals surface area contributed by atoms with E-state index in [0.717, 1.165) is 0 Å². The number of hydrogen-bond acceptors (Lipinski definition) is 3. The average Bonchev–Trinajstić information content (AvgIpc) is 2.25. The van der Waals surface area contributed by atoms with Gasteiger partial charge in [0.05, 0.1) is 0 Å². The maximum atomic E-state index is 11.8. The fraction of sp³-hybridized carbons (Fsp3) is 0.444. The standard InChI is InChI=1S/C9H10F3N3O3/c10-9(11,12)7(17)13-3-1-2-5-4-14-8(18)15-6(5)16/h4H,1-3H2,(H,13,17)(H2,14,15,16,18). The van der Waals surface area contributed by atoms with Crippen LogP contribution < -0.4 is 16.6 Å². The molecule has 3 N–H and O–H groups in total. The molecule has 1 heterocycles. The third-order valence-electron chi connectivity index (χ3n) is 2.06. The molecule has 0 aromatic carbocycles. The summed E-state index contributed by atoms with van der Waals surface area (Å²) in [6.45, 7) is -0.211. The highest BCUT2D eigenvalue weighted by Gasteiger charge is 2.38. The van der Waals surface area contributed by atoms with Crippen LogP contribution in [0.25, 0.3) is 0 Å². The molecule has 0 bridgehead atoms. The van der Waals surface area contributed by atoms with E-state index in [2.05, 4.69) is 4.98 Å². The Morgan fingerprint density at radius 1 is 1.33 bits per heavy atom. The van der Waals surface area contributed by atoms with Crippen LogP contribution in [0.5, 0.6) is 0 Å². The molecule has 0 aliphatic rings. The van der Waals surface area contributed by atoms with Gasteiger partial charge < -0.3 is 10.3 Å². The average molecular weight is 265 g/mol. The van der Waals surface area contributed by atoms with Gasteiger partial charge in [0.15, 0.2) is 0 Å². The Labute approximate surface area is 98.2 Å². The number of alkyl halides is 3. The van der Waals surface area contributed by atoms with Gasteiger partial charge in [-0.3, -0.25) is 14.6 Å². The van der Waals surface area contributed by atoms with Gasteiger partial charge >= 0.3 is 17.8 Å². The van der Waals surface area contributed by atoms with E-state index in [9.17, 15) is 27.6 Å². The Kier molecular flexibility index (Phi) is 4.29. The summed E-state index contributed by atoms with van der Waals surface area (Å²) < 4.78 is 35.4. The molecule has 0 atom stereocenters. The lowest BCUT2D eigenvalue weighted by Gasteiger charge is -2.07. The van der Waals surface area contributed by atoms with Crippen LogP contribution >= 0.6 is 0 Å². The molecule has 18 heavy (non-hydrogen) atoms. The fourth-order valence-corrected chi connectivity index (χ4v) is 1.20. The molecular weight excluding hydrogens is 255 g/mol. The molecule has 0 fully saturated rings. The molecule has 0 unspecified atom stereocenters. The molecular formula is C9H10F3N3O3. The number of carbonyl (C=O) groups excluding carboxylic acids is 1. The summed E-state index contributed by atoms with van der Waals surface area (Å²) >= 11 is 0. The summed E-state index contributed by atoms with van der Waals surface area (Å²) in [5.74, 6) is -2.02. The third kappa shape index (κ3) is 4.07. The van der Waals surface area contributed by atoms with Crippen LogP contribution in [0, 0.1) is 0 Å². The van der Waals surface area contributed by atoms with Crippen molar-refractivity contribution in [1.82, 2.24) is 15.3 Å². The topological polar surface area (TPSA) is 94.8 Å². The van der Waals surface area contributed by atoms with Gasteiger partial charge in [-0.2, -0.15) is 13.2 Å². The molecule has 1 amide bonds. The Morgan fingerprint density at radius 2 is 2.00 bits per heavy atom. The molecule has 100 valence electrons. The molecule has 0 saturated carbocycles. The van der Waals surface area contributed by atoms with Crippen molar-refractivity contribution in [3.63, 3.8) is 0 Å². The molecule has 0 radical (unpaired) electrons. The smallest absolute Gasteiger partial charge is 0.348 e. The maximum absolute atomic E-state index is 11.8. The molecule has 6 nitrogen and oxygen atoms in total. The number of aryl methyl sites for hydroxylation is 1. The normalized spacial score (nSPS) is 11.3. The monoisotopic (exact) mass is 265 g/mol. The highest BCUT2D eigenvalue weighted by molar-refractivity contribution is 5.81. The van der Waals surface area contributed by atoms with Crippen LogP contribution in [0.1, 0.15) is 12.0 Å². The highest BCUT2D eigenvalue weighted by atomic mass is 19.4. The molecule has 1 aromatic heterocycles. The summed E-state index contributed by atoms with van der Waals surface area (Å²) in [7, 11) is 0. The van der Waals surface area contributed by atoms with Gasteiger partial charge in [0, 0.05) is 18.3 Å². The number of aromatic amines is 2. The largest absolute Gasteiger partial charge is 0.471 e. The molecule has 0 aliphatic heterocycles. The fourth-order valence-electron chi connectivity index (χ4n) is 1.20. The molecule has 1 rings (SSSR count). The van der Waals surface area contributed by atoms with Crippen molar-refractivity contribution < 1.29 is 18.0 Å². The second kappa shape index (κ2) is 5.52. The van der Waals surface area contributed by atoms with Crippen molar-refractivity contribution in [2.24, 2.45) is 0 Å². The van der Waals surface area contributed by atoms with E-state index in [4.69, 9.17) is 0 Å². The van der Waals surface area contributed by atoms with E-state index in [-0.39, 0.29) is 24.9 Å². The number of nitrogens with one attached hydrogen (secondary N) is 3. The van der Waals surface area contributed by atoms with E-state index >= 15 is 0 Å². The van der Waals surface area contributed by atoms with E-state index in [1.807, 2.05) is 4.98 Å². The van der Waals surface area contributed by atoms with Gasteiger partial charge in [0.2, 0.25) is 0 Å². The van der Waals surface area contributed by atoms with Crippen molar-refractivity contribution in [2.45, 2.75) is 19.0 Å². The SMILES string of the molecule is O=C(NCCCc1c[nH]c(=O)[nH]c1=O)C(F)(F)F. The quantitative estimate of drug-likeness (QED) is 0.651. The van der Waals surface area contributed by atoms with Gasteiger partial charge in [-0.05, 0) is 12.8 Å².